The van der Waals surface area contributed by atoms with Crippen molar-refractivity contribution < 1.29 is 9.13 Å². The molecule has 0 aromatic heterocycles. The maximum atomic E-state index is 13.2. The fraction of sp³-hybridized carbons (Fsp3) is 0.143. The van der Waals surface area contributed by atoms with E-state index in [1.165, 1.54) is 12.1 Å². The van der Waals surface area contributed by atoms with Crippen LogP contribution in [0.3, 0.4) is 0 Å². The van der Waals surface area contributed by atoms with Gasteiger partial charge in [-0.25, -0.2) is 4.39 Å². The Hall–Kier alpha value is -1.39. The van der Waals surface area contributed by atoms with E-state index in [0.717, 1.165) is 11.1 Å². The number of hydrogen-bond donors (Lipinski definition) is 1. The van der Waals surface area contributed by atoms with E-state index >= 15 is 0 Å². The van der Waals surface area contributed by atoms with Gasteiger partial charge in [-0.05, 0) is 36.2 Å². The zero-order valence-electron chi connectivity index (χ0n) is 9.91. The molecule has 0 atom stereocenters. The Balaban J connectivity index is 2.33. The number of aryl methyl sites for hydroxylation is 1. The third-order valence-electron chi connectivity index (χ3n) is 2.55. The summed E-state index contributed by atoms with van der Waals surface area (Å²) in [7, 11) is 0. The highest BCUT2D eigenvalue weighted by Crippen LogP contribution is 2.28. The van der Waals surface area contributed by atoms with Gasteiger partial charge in [0, 0.05) is 17.1 Å². The molecule has 2 rings (SSSR count). The molecule has 2 aromatic rings. The highest BCUT2D eigenvalue weighted by molar-refractivity contribution is 9.10. The summed E-state index contributed by atoms with van der Waals surface area (Å²) in [5.74, 6) is 0.807. The number of ether oxygens (including phenoxy) is 1. The average Bonchev–Trinajstić information content (AvgIpc) is 2.30. The van der Waals surface area contributed by atoms with E-state index in [1.807, 2.05) is 25.1 Å². The number of nitrogens with two attached hydrogens (primary N) is 1. The van der Waals surface area contributed by atoms with Crippen molar-refractivity contribution in [1.29, 1.82) is 0 Å². The molecule has 0 bridgehead atoms. The second-order valence-electron chi connectivity index (χ2n) is 4.01. The van der Waals surface area contributed by atoms with Crippen molar-refractivity contribution in [3.8, 4) is 11.5 Å². The average molecular weight is 310 g/mol. The SMILES string of the molecule is Cc1ccc(CN)cc1Oc1cc(F)cc(Br)c1. The van der Waals surface area contributed by atoms with E-state index in [0.29, 0.717) is 22.5 Å². The Morgan fingerprint density at radius 1 is 1.22 bits per heavy atom. The predicted octanol–water partition coefficient (Wildman–Crippen LogP) is 4.15. The lowest BCUT2D eigenvalue weighted by Crippen LogP contribution is -1.97. The van der Waals surface area contributed by atoms with Crippen LogP contribution in [0, 0.1) is 12.7 Å². The molecule has 0 unspecified atom stereocenters. The Labute approximate surface area is 114 Å². The van der Waals surface area contributed by atoms with Gasteiger partial charge in [0.2, 0.25) is 0 Å². The van der Waals surface area contributed by atoms with Gasteiger partial charge in [0.05, 0.1) is 0 Å². The second kappa shape index (κ2) is 5.50. The maximum absolute atomic E-state index is 13.2. The van der Waals surface area contributed by atoms with Crippen molar-refractivity contribution in [2.45, 2.75) is 13.5 Å². The summed E-state index contributed by atoms with van der Waals surface area (Å²) < 4.78 is 19.6. The Morgan fingerprint density at radius 2 is 2.00 bits per heavy atom. The quantitative estimate of drug-likeness (QED) is 0.924. The zero-order chi connectivity index (χ0) is 13.1. The minimum atomic E-state index is -0.341. The summed E-state index contributed by atoms with van der Waals surface area (Å²) in [6, 6.07) is 10.2. The van der Waals surface area contributed by atoms with Crippen molar-refractivity contribution in [3.05, 3.63) is 57.8 Å². The maximum Gasteiger partial charge on any atom is 0.131 e. The summed E-state index contributed by atoms with van der Waals surface area (Å²) in [6.07, 6.45) is 0. The van der Waals surface area contributed by atoms with Crippen LogP contribution < -0.4 is 10.5 Å². The molecule has 0 aliphatic carbocycles. The summed E-state index contributed by atoms with van der Waals surface area (Å²) in [4.78, 5) is 0. The minimum Gasteiger partial charge on any atom is -0.457 e. The molecule has 0 amide bonds. The van der Waals surface area contributed by atoms with Crippen molar-refractivity contribution in [2.75, 3.05) is 0 Å². The van der Waals surface area contributed by atoms with Gasteiger partial charge in [-0.15, -0.1) is 0 Å². The first-order valence-electron chi connectivity index (χ1n) is 5.52. The first-order valence-corrected chi connectivity index (χ1v) is 6.31. The number of benzene rings is 2. The lowest BCUT2D eigenvalue weighted by molar-refractivity contribution is 0.472. The lowest BCUT2D eigenvalue weighted by Gasteiger charge is -2.10. The highest BCUT2D eigenvalue weighted by atomic mass is 79.9. The van der Waals surface area contributed by atoms with E-state index in [2.05, 4.69) is 15.9 Å². The minimum absolute atomic E-state index is 0.341. The van der Waals surface area contributed by atoms with Crippen LogP contribution in [0.2, 0.25) is 0 Å². The Kier molecular flexibility index (Phi) is 3.99. The predicted molar refractivity (Wildman–Crippen MR) is 73.2 cm³/mol. The largest absolute Gasteiger partial charge is 0.457 e. The van der Waals surface area contributed by atoms with Gasteiger partial charge in [-0.1, -0.05) is 28.1 Å². The topological polar surface area (TPSA) is 35.2 Å². The van der Waals surface area contributed by atoms with Gasteiger partial charge < -0.3 is 10.5 Å². The second-order valence-corrected chi connectivity index (χ2v) is 4.93. The highest BCUT2D eigenvalue weighted by Gasteiger charge is 2.05. The Bertz CT molecular complexity index is 551. The van der Waals surface area contributed by atoms with Crippen LogP contribution in [-0.2, 0) is 6.54 Å². The Morgan fingerprint density at radius 3 is 2.67 bits per heavy atom. The standard InChI is InChI=1S/C14H13BrFNO/c1-9-2-3-10(8-17)4-14(9)18-13-6-11(15)5-12(16)7-13/h2-7H,8,17H2,1H3. The molecule has 0 aliphatic rings. The van der Waals surface area contributed by atoms with Gasteiger partial charge in [-0.2, -0.15) is 0 Å². The summed E-state index contributed by atoms with van der Waals surface area (Å²) in [5, 5.41) is 0. The molecule has 18 heavy (non-hydrogen) atoms. The molecule has 0 radical (unpaired) electrons. The summed E-state index contributed by atoms with van der Waals surface area (Å²) in [5.41, 5.74) is 7.54. The number of rotatable bonds is 3. The fourth-order valence-corrected chi connectivity index (χ4v) is 2.04. The molecule has 0 aliphatic heterocycles. The van der Waals surface area contributed by atoms with E-state index in [-0.39, 0.29) is 5.82 Å². The third-order valence-corrected chi connectivity index (χ3v) is 3.01. The van der Waals surface area contributed by atoms with E-state index in [1.54, 1.807) is 6.07 Å². The molecule has 4 heteroatoms. The molecule has 2 N–H and O–H groups in total. The summed E-state index contributed by atoms with van der Waals surface area (Å²) in [6.45, 7) is 2.38. The van der Waals surface area contributed by atoms with Crippen LogP contribution in [0.15, 0.2) is 40.9 Å². The normalized spacial score (nSPS) is 10.4. The van der Waals surface area contributed by atoms with Crippen molar-refractivity contribution >= 4 is 15.9 Å². The smallest absolute Gasteiger partial charge is 0.131 e. The van der Waals surface area contributed by atoms with E-state index in [9.17, 15) is 4.39 Å². The molecule has 94 valence electrons. The molecular formula is C14H13BrFNO. The van der Waals surface area contributed by atoms with Crippen molar-refractivity contribution in [3.63, 3.8) is 0 Å². The monoisotopic (exact) mass is 309 g/mol. The van der Waals surface area contributed by atoms with Gasteiger partial charge in [-0.3, -0.25) is 0 Å². The first kappa shape index (κ1) is 13.1. The lowest BCUT2D eigenvalue weighted by atomic mass is 10.1. The van der Waals surface area contributed by atoms with Crippen LogP contribution >= 0.6 is 15.9 Å². The third kappa shape index (κ3) is 3.09. The molecule has 0 spiro atoms. The van der Waals surface area contributed by atoms with Crippen LogP contribution in [0.4, 0.5) is 4.39 Å². The van der Waals surface area contributed by atoms with E-state index in [4.69, 9.17) is 10.5 Å². The van der Waals surface area contributed by atoms with Crippen LogP contribution in [0.1, 0.15) is 11.1 Å². The molecule has 0 saturated carbocycles. The van der Waals surface area contributed by atoms with Crippen molar-refractivity contribution in [2.24, 2.45) is 5.73 Å². The van der Waals surface area contributed by atoms with Crippen LogP contribution in [0.5, 0.6) is 11.5 Å². The fourth-order valence-electron chi connectivity index (χ4n) is 1.60. The van der Waals surface area contributed by atoms with Crippen LogP contribution in [0.25, 0.3) is 0 Å². The number of halogens is 2. The van der Waals surface area contributed by atoms with Crippen LogP contribution in [-0.4, -0.2) is 0 Å². The van der Waals surface area contributed by atoms with Crippen molar-refractivity contribution in [1.82, 2.24) is 0 Å². The zero-order valence-corrected chi connectivity index (χ0v) is 11.5. The molecule has 0 heterocycles. The molecule has 2 aromatic carbocycles. The molecule has 0 fully saturated rings. The van der Waals surface area contributed by atoms with Gasteiger partial charge in [0.1, 0.15) is 17.3 Å². The first-order chi connectivity index (χ1) is 8.58. The van der Waals surface area contributed by atoms with Gasteiger partial charge in [0.15, 0.2) is 0 Å². The molecular weight excluding hydrogens is 297 g/mol. The molecule has 2 nitrogen and oxygen atoms in total. The molecule has 0 saturated heterocycles. The van der Waals surface area contributed by atoms with Gasteiger partial charge >= 0.3 is 0 Å². The van der Waals surface area contributed by atoms with E-state index < -0.39 is 0 Å². The summed E-state index contributed by atoms with van der Waals surface area (Å²) >= 11 is 3.23. The van der Waals surface area contributed by atoms with Gasteiger partial charge in [0.25, 0.3) is 0 Å². The number of hydrogen-bond acceptors (Lipinski definition) is 2.